The highest BCUT2D eigenvalue weighted by Gasteiger charge is 2.18. The minimum atomic E-state index is -3.62. The zero-order chi connectivity index (χ0) is 23.0. The minimum absolute atomic E-state index is 0.0855. The lowest BCUT2D eigenvalue weighted by Gasteiger charge is -2.13. The number of esters is 1. The monoisotopic (exact) mass is 446 g/mol. The number of nitrogens with one attached hydrogen (secondary N) is 2. The molecule has 2 aromatic carbocycles. The highest BCUT2D eigenvalue weighted by molar-refractivity contribution is 7.89. The Morgan fingerprint density at radius 2 is 1.58 bits per heavy atom. The van der Waals surface area contributed by atoms with Crippen LogP contribution in [0.5, 0.6) is 5.75 Å². The van der Waals surface area contributed by atoms with E-state index in [1.54, 1.807) is 51.3 Å². The maximum atomic E-state index is 12.3. The molecule has 9 heteroatoms. The number of hydrogen-bond acceptors (Lipinski definition) is 6. The molecule has 0 aliphatic carbocycles. The van der Waals surface area contributed by atoms with Crippen molar-refractivity contribution in [3.8, 4) is 5.75 Å². The molecule has 0 bridgehead atoms. The van der Waals surface area contributed by atoms with Crippen LogP contribution >= 0.6 is 0 Å². The molecule has 0 heterocycles. The van der Waals surface area contributed by atoms with Crippen molar-refractivity contribution in [3.05, 3.63) is 60.2 Å². The zero-order valence-electron chi connectivity index (χ0n) is 17.8. The molecule has 0 saturated heterocycles. The van der Waals surface area contributed by atoms with Crippen LogP contribution in [-0.4, -0.2) is 39.5 Å². The molecular formula is C22H26N2O6S. The first-order chi connectivity index (χ1) is 14.6. The number of carbonyl (C=O) groups is 2. The van der Waals surface area contributed by atoms with E-state index >= 15 is 0 Å². The van der Waals surface area contributed by atoms with E-state index < -0.39 is 28.0 Å². The van der Waals surface area contributed by atoms with E-state index in [0.29, 0.717) is 11.4 Å². The van der Waals surface area contributed by atoms with Gasteiger partial charge < -0.3 is 14.8 Å². The summed E-state index contributed by atoms with van der Waals surface area (Å²) in [6.45, 7) is 4.89. The third-order valence-electron chi connectivity index (χ3n) is 4.01. The Balaban J connectivity index is 1.91. The van der Waals surface area contributed by atoms with Crippen molar-refractivity contribution < 1.29 is 27.5 Å². The van der Waals surface area contributed by atoms with Gasteiger partial charge in [0.25, 0.3) is 5.91 Å². The largest absolute Gasteiger partial charge is 0.497 e. The normalized spacial score (nSPS) is 12.5. The van der Waals surface area contributed by atoms with Crippen molar-refractivity contribution in [1.29, 1.82) is 0 Å². The maximum Gasteiger partial charge on any atom is 0.331 e. The van der Waals surface area contributed by atoms with Crippen LogP contribution in [0.1, 0.15) is 26.3 Å². The smallest absolute Gasteiger partial charge is 0.331 e. The molecular weight excluding hydrogens is 420 g/mol. The predicted octanol–water partition coefficient (Wildman–Crippen LogP) is 2.97. The summed E-state index contributed by atoms with van der Waals surface area (Å²) in [5, 5.41) is 2.58. The summed E-state index contributed by atoms with van der Waals surface area (Å²) in [7, 11) is -2.05. The molecule has 2 aromatic rings. The summed E-state index contributed by atoms with van der Waals surface area (Å²) in [4.78, 5) is 24.3. The number of anilines is 1. The van der Waals surface area contributed by atoms with E-state index in [2.05, 4.69) is 10.0 Å². The highest BCUT2D eigenvalue weighted by Crippen LogP contribution is 2.15. The summed E-state index contributed by atoms with van der Waals surface area (Å²) in [5.74, 6) is -0.506. The number of benzene rings is 2. The second-order valence-electron chi connectivity index (χ2n) is 6.98. The van der Waals surface area contributed by atoms with E-state index in [1.165, 1.54) is 37.3 Å². The Morgan fingerprint density at radius 1 is 0.968 bits per heavy atom. The summed E-state index contributed by atoms with van der Waals surface area (Å²) >= 11 is 0. The number of sulfonamides is 1. The minimum Gasteiger partial charge on any atom is -0.497 e. The van der Waals surface area contributed by atoms with Gasteiger partial charge in [0.15, 0.2) is 6.10 Å². The average Bonchev–Trinajstić information content (AvgIpc) is 2.72. The van der Waals surface area contributed by atoms with Crippen molar-refractivity contribution >= 4 is 33.7 Å². The molecule has 0 spiro atoms. The number of ether oxygens (including phenoxy) is 2. The second kappa shape index (κ2) is 10.7. The fraction of sp³-hybridized carbons (Fsp3) is 0.273. The van der Waals surface area contributed by atoms with Crippen molar-refractivity contribution in [2.24, 2.45) is 0 Å². The van der Waals surface area contributed by atoms with Gasteiger partial charge in [-0.15, -0.1) is 0 Å². The number of carbonyl (C=O) groups excluding carboxylic acids is 2. The van der Waals surface area contributed by atoms with Gasteiger partial charge in [0.05, 0.1) is 12.0 Å². The maximum absolute atomic E-state index is 12.3. The van der Waals surface area contributed by atoms with E-state index in [-0.39, 0.29) is 10.9 Å². The third-order valence-corrected chi connectivity index (χ3v) is 5.69. The summed E-state index contributed by atoms with van der Waals surface area (Å²) in [6, 6.07) is 12.5. The molecule has 0 aliphatic heterocycles. The van der Waals surface area contributed by atoms with Crippen LogP contribution in [0, 0.1) is 0 Å². The molecule has 8 nitrogen and oxygen atoms in total. The Kier molecular flexibility index (Phi) is 8.35. The van der Waals surface area contributed by atoms with Gasteiger partial charge in [-0.2, -0.15) is 0 Å². The number of hydrogen-bond donors (Lipinski definition) is 2. The van der Waals surface area contributed by atoms with Gasteiger partial charge in [0.2, 0.25) is 10.0 Å². The van der Waals surface area contributed by atoms with Crippen LogP contribution in [0.25, 0.3) is 6.08 Å². The molecule has 31 heavy (non-hydrogen) atoms. The highest BCUT2D eigenvalue weighted by atomic mass is 32.2. The van der Waals surface area contributed by atoms with Crippen LogP contribution in [0.15, 0.2) is 59.5 Å². The Hall–Kier alpha value is -3.17. The molecule has 0 aromatic heterocycles. The molecule has 1 unspecified atom stereocenters. The molecule has 0 radical (unpaired) electrons. The zero-order valence-corrected chi connectivity index (χ0v) is 18.6. The van der Waals surface area contributed by atoms with Gasteiger partial charge >= 0.3 is 5.97 Å². The Morgan fingerprint density at radius 3 is 2.13 bits per heavy atom. The van der Waals surface area contributed by atoms with Gasteiger partial charge in [-0.1, -0.05) is 12.1 Å². The quantitative estimate of drug-likeness (QED) is 0.453. The van der Waals surface area contributed by atoms with E-state index in [0.717, 1.165) is 5.56 Å². The van der Waals surface area contributed by atoms with Crippen LogP contribution in [0.2, 0.25) is 0 Å². The van der Waals surface area contributed by atoms with Crippen LogP contribution in [0.3, 0.4) is 0 Å². The summed E-state index contributed by atoms with van der Waals surface area (Å²) in [5.41, 5.74) is 1.15. The van der Waals surface area contributed by atoms with Crippen molar-refractivity contribution in [3.63, 3.8) is 0 Å². The molecule has 1 atom stereocenters. The Bertz CT molecular complexity index is 1030. The standard InChI is InChI=1S/C22H26N2O6S/c1-15(2)24-31(27,28)20-12-8-18(9-13-20)23-22(26)16(3)30-21(25)14-7-17-5-10-19(29-4)11-6-17/h5-16,24H,1-4H3,(H,23,26)/b14-7+. The molecule has 0 fully saturated rings. The average molecular weight is 447 g/mol. The first-order valence-electron chi connectivity index (χ1n) is 9.56. The van der Waals surface area contributed by atoms with E-state index in [9.17, 15) is 18.0 Å². The SMILES string of the molecule is COc1ccc(/C=C/C(=O)OC(C)C(=O)Nc2ccc(S(=O)(=O)NC(C)C)cc2)cc1. The first kappa shape index (κ1) is 24.1. The summed E-state index contributed by atoms with van der Waals surface area (Å²) < 4.78 is 36.9. The molecule has 0 saturated carbocycles. The predicted molar refractivity (Wildman–Crippen MR) is 118 cm³/mol. The van der Waals surface area contributed by atoms with Gasteiger partial charge in [-0.3, -0.25) is 4.79 Å². The van der Waals surface area contributed by atoms with Crippen LogP contribution in [-0.2, 0) is 24.3 Å². The third kappa shape index (κ3) is 7.54. The molecule has 166 valence electrons. The molecule has 2 rings (SSSR count). The molecule has 2 N–H and O–H groups in total. The van der Waals surface area contributed by atoms with Crippen LogP contribution < -0.4 is 14.8 Å². The molecule has 0 aliphatic rings. The number of amides is 1. The summed E-state index contributed by atoms with van der Waals surface area (Å²) in [6.07, 6.45) is 1.75. The van der Waals surface area contributed by atoms with Crippen LogP contribution in [0.4, 0.5) is 5.69 Å². The lowest BCUT2D eigenvalue weighted by Crippen LogP contribution is -2.30. The van der Waals surface area contributed by atoms with Gasteiger partial charge in [-0.25, -0.2) is 17.9 Å². The number of rotatable bonds is 9. The Labute approximate surface area is 182 Å². The molecule has 1 amide bonds. The first-order valence-corrected chi connectivity index (χ1v) is 11.0. The second-order valence-corrected chi connectivity index (χ2v) is 8.69. The van der Waals surface area contributed by atoms with Gasteiger partial charge in [-0.05, 0) is 68.8 Å². The van der Waals surface area contributed by atoms with E-state index in [1.807, 2.05) is 0 Å². The lowest BCUT2D eigenvalue weighted by atomic mass is 10.2. The lowest BCUT2D eigenvalue weighted by molar-refractivity contribution is -0.148. The van der Waals surface area contributed by atoms with Gasteiger partial charge in [0.1, 0.15) is 5.75 Å². The van der Waals surface area contributed by atoms with Crippen molar-refractivity contribution in [2.45, 2.75) is 37.8 Å². The van der Waals surface area contributed by atoms with Crippen molar-refractivity contribution in [2.75, 3.05) is 12.4 Å². The van der Waals surface area contributed by atoms with Crippen molar-refractivity contribution in [1.82, 2.24) is 4.72 Å². The van der Waals surface area contributed by atoms with Gasteiger partial charge in [0, 0.05) is 17.8 Å². The van der Waals surface area contributed by atoms with E-state index in [4.69, 9.17) is 9.47 Å². The fourth-order valence-electron chi connectivity index (χ4n) is 2.49. The number of methoxy groups -OCH3 is 1. The topological polar surface area (TPSA) is 111 Å². The fourth-order valence-corrected chi connectivity index (χ4v) is 3.74.